The maximum absolute atomic E-state index is 13.4. The summed E-state index contributed by atoms with van der Waals surface area (Å²) in [6, 6.07) is 14.1. The van der Waals surface area contributed by atoms with Gasteiger partial charge in [-0.3, -0.25) is 9.69 Å². The fourth-order valence-electron chi connectivity index (χ4n) is 5.74. The van der Waals surface area contributed by atoms with Crippen molar-refractivity contribution in [2.45, 2.75) is 63.7 Å². The minimum Gasteiger partial charge on any atom is -0.479 e. The topological polar surface area (TPSA) is 258 Å². The summed E-state index contributed by atoms with van der Waals surface area (Å²) in [6.07, 6.45) is -9.56. The second-order valence-corrected chi connectivity index (χ2v) is 14.3. The van der Waals surface area contributed by atoms with Gasteiger partial charge in [-0.25, -0.2) is 9.59 Å². The zero-order valence-electron chi connectivity index (χ0n) is 36.9. The predicted molar refractivity (Wildman–Crippen MR) is 226 cm³/mol. The zero-order chi connectivity index (χ0) is 46.4. The Bertz CT molecular complexity index is 1580. The van der Waals surface area contributed by atoms with Crippen molar-refractivity contribution < 1.29 is 91.7 Å². The Labute approximate surface area is 373 Å². The number of anilines is 1. The van der Waals surface area contributed by atoms with Gasteiger partial charge in [0.1, 0.15) is 37.4 Å². The lowest BCUT2D eigenvalue weighted by Crippen LogP contribution is -2.61. The molecule has 1 heterocycles. The van der Waals surface area contributed by atoms with Crippen LogP contribution < -0.4 is 10.1 Å². The van der Waals surface area contributed by atoms with Crippen molar-refractivity contribution in [1.29, 1.82) is 0 Å². The third-order valence-corrected chi connectivity index (χ3v) is 9.08. The highest BCUT2D eigenvalue weighted by atomic mass is 16.7. The Balaban J connectivity index is 1.38. The van der Waals surface area contributed by atoms with Gasteiger partial charge in [-0.2, -0.15) is 0 Å². The van der Waals surface area contributed by atoms with Gasteiger partial charge in [0.25, 0.3) is 0 Å². The highest BCUT2D eigenvalue weighted by molar-refractivity contribution is 5.90. The third-order valence-electron chi connectivity index (χ3n) is 9.08. The number of aliphatic hydroxyl groups is 3. The first-order chi connectivity index (χ1) is 31.0. The lowest BCUT2D eigenvalue weighted by atomic mass is 9.99. The molecule has 0 aliphatic carbocycles. The van der Waals surface area contributed by atoms with Crippen LogP contribution in [0.4, 0.5) is 10.5 Å². The van der Waals surface area contributed by atoms with Crippen LogP contribution in [0.1, 0.15) is 25.0 Å². The standard InChI is InChI=1S/C43H66N2O19/c1-31(27-33-7-5-4-6-8-33)62-30-45(11-12-54-15-16-56-19-20-58-23-24-60-26-25-59-22-21-57-18-17-55-14-13-53-3)43(52)61-29-34-9-10-36(35(28-34)44-32(2)46)63-42-39(49)37(47)38(48)40(64-42)41(50)51/h4-10,28,31,37-40,42,47-49H,11-27,29-30H2,1-3H3,(H,44,46)(H,50,51)/t31?,37-,38-,39+,40-,42+/m0/s1. The van der Waals surface area contributed by atoms with E-state index in [1.54, 1.807) is 7.11 Å². The van der Waals surface area contributed by atoms with Crippen LogP contribution in [0.25, 0.3) is 0 Å². The minimum atomic E-state index is -1.91. The molecule has 362 valence electrons. The summed E-state index contributed by atoms with van der Waals surface area (Å²) >= 11 is 0. The number of methoxy groups -OCH3 is 1. The van der Waals surface area contributed by atoms with Gasteiger partial charge in [0.2, 0.25) is 12.2 Å². The van der Waals surface area contributed by atoms with Gasteiger partial charge in [0.15, 0.2) is 6.10 Å². The molecule has 0 bridgehead atoms. The Morgan fingerprint density at radius 1 is 0.703 bits per heavy atom. The number of aliphatic carboxylic acids is 1. The summed E-state index contributed by atoms with van der Waals surface area (Å²) in [5, 5.41) is 42.6. The first-order valence-corrected chi connectivity index (χ1v) is 21.1. The minimum absolute atomic E-state index is 0.0593. The quantitative estimate of drug-likeness (QED) is 0.0481. The Morgan fingerprint density at radius 3 is 1.75 bits per heavy atom. The molecule has 64 heavy (non-hydrogen) atoms. The molecule has 3 rings (SSSR count). The SMILES string of the molecule is COCCOCCOCCOCCOCCOCCOCCOCCN(COC(C)Cc1ccccc1)C(=O)OCc1ccc(O[C@@H]2O[C@H](C(=O)O)[C@@H](O)[C@H](O)[C@H]2O)c(NC(C)=O)c1. The van der Waals surface area contributed by atoms with E-state index < -0.39 is 48.7 Å². The fraction of sp³-hybridized carbons (Fsp3) is 0.651. The predicted octanol–water partition coefficient (Wildman–Crippen LogP) is 1.22. The van der Waals surface area contributed by atoms with Crippen LogP contribution in [0.15, 0.2) is 48.5 Å². The number of aliphatic hydroxyl groups excluding tert-OH is 3. The van der Waals surface area contributed by atoms with Gasteiger partial charge in [-0.05, 0) is 36.6 Å². The van der Waals surface area contributed by atoms with Gasteiger partial charge in [-0.15, -0.1) is 0 Å². The molecular formula is C43H66N2O19. The maximum atomic E-state index is 13.4. The third kappa shape index (κ3) is 22.2. The molecule has 6 atom stereocenters. The number of carboxylic acids is 1. The van der Waals surface area contributed by atoms with Crippen molar-refractivity contribution in [2.24, 2.45) is 0 Å². The molecule has 21 heteroatoms. The number of hydrogen-bond acceptors (Lipinski definition) is 18. The van der Waals surface area contributed by atoms with Crippen LogP contribution in [0.3, 0.4) is 0 Å². The van der Waals surface area contributed by atoms with E-state index in [0.29, 0.717) is 97.9 Å². The van der Waals surface area contributed by atoms with Crippen LogP contribution >= 0.6 is 0 Å². The average Bonchev–Trinajstić information content (AvgIpc) is 3.27. The van der Waals surface area contributed by atoms with E-state index in [1.807, 2.05) is 37.3 Å². The second-order valence-electron chi connectivity index (χ2n) is 14.3. The van der Waals surface area contributed by atoms with Crippen molar-refractivity contribution in [2.75, 3.05) is 125 Å². The largest absolute Gasteiger partial charge is 0.479 e. The Hall–Kier alpha value is -4.07. The lowest BCUT2D eigenvalue weighted by Gasteiger charge is -2.38. The van der Waals surface area contributed by atoms with Gasteiger partial charge in [0.05, 0.1) is 111 Å². The summed E-state index contributed by atoms with van der Waals surface area (Å²) in [5.41, 5.74) is 1.57. The average molecular weight is 915 g/mol. The maximum Gasteiger partial charge on any atom is 0.412 e. The lowest BCUT2D eigenvalue weighted by molar-refractivity contribution is -0.271. The van der Waals surface area contributed by atoms with Crippen molar-refractivity contribution in [3.8, 4) is 5.75 Å². The molecule has 1 unspecified atom stereocenters. The van der Waals surface area contributed by atoms with Gasteiger partial charge in [0, 0.05) is 20.6 Å². The van der Waals surface area contributed by atoms with E-state index in [2.05, 4.69) is 5.32 Å². The molecule has 2 amide bonds. The monoisotopic (exact) mass is 914 g/mol. The summed E-state index contributed by atoms with van der Waals surface area (Å²) in [6.45, 7) is 9.24. The first-order valence-electron chi connectivity index (χ1n) is 21.1. The number of rotatable bonds is 35. The van der Waals surface area contributed by atoms with E-state index in [1.165, 1.54) is 30.0 Å². The molecule has 0 radical (unpaired) electrons. The molecule has 5 N–H and O–H groups in total. The van der Waals surface area contributed by atoms with Crippen LogP contribution in [-0.4, -0.2) is 200 Å². The van der Waals surface area contributed by atoms with Gasteiger partial charge in [-0.1, -0.05) is 36.4 Å². The summed E-state index contributed by atoms with van der Waals surface area (Å²) < 4.78 is 65.9. The Morgan fingerprint density at radius 2 is 1.23 bits per heavy atom. The molecule has 1 aliphatic heterocycles. The number of nitrogens with zero attached hydrogens (tertiary/aromatic N) is 1. The smallest absolute Gasteiger partial charge is 0.412 e. The van der Waals surface area contributed by atoms with Crippen LogP contribution in [-0.2, 0) is 74.7 Å². The number of carbonyl (C=O) groups excluding carboxylic acids is 2. The van der Waals surface area contributed by atoms with Crippen molar-refractivity contribution in [3.63, 3.8) is 0 Å². The van der Waals surface area contributed by atoms with Gasteiger partial charge >= 0.3 is 12.1 Å². The van der Waals surface area contributed by atoms with E-state index in [0.717, 1.165) is 5.56 Å². The molecule has 0 spiro atoms. The number of hydrogen-bond donors (Lipinski definition) is 5. The number of nitrogens with one attached hydrogen (secondary N) is 1. The summed E-state index contributed by atoms with van der Waals surface area (Å²) in [7, 11) is 1.63. The number of carbonyl (C=O) groups is 3. The molecule has 2 aromatic carbocycles. The van der Waals surface area contributed by atoms with Crippen molar-refractivity contribution >= 4 is 23.7 Å². The first kappa shape index (κ1) is 54.3. The number of amides is 2. The van der Waals surface area contributed by atoms with E-state index in [-0.39, 0.29) is 50.6 Å². The molecule has 21 nitrogen and oxygen atoms in total. The highest BCUT2D eigenvalue weighted by Gasteiger charge is 2.48. The molecule has 0 saturated carbocycles. The molecule has 2 aromatic rings. The zero-order valence-corrected chi connectivity index (χ0v) is 36.9. The van der Waals surface area contributed by atoms with Crippen molar-refractivity contribution in [3.05, 3.63) is 59.7 Å². The fourth-order valence-corrected chi connectivity index (χ4v) is 5.74. The number of benzene rings is 2. The second kappa shape index (κ2) is 32.6. The number of ether oxygens (including phenoxy) is 12. The summed E-state index contributed by atoms with van der Waals surface area (Å²) in [5.74, 6) is -2.14. The normalized spacial score (nSPS) is 18.9. The molecule has 1 aliphatic rings. The molecule has 1 saturated heterocycles. The summed E-state index contributed by atoms with van der Waals surface area (Å²) in [4.78, 5) is 38.3. The van der Waals surface area contributed by atoms with Crippen LogP contribution in [0, 0.1) is 0 Å². The van der Waals surface area contributed by atoms with Crippen LogP contribution in [0.5, 0.6) is 5.75 Å². The van der Waals surface area contributed by atoms with Gasteiger partial charge < -0.3 is 82.6 Å². The molecule has 0 aromatic heterocycles. The van der Waals surface area contributed by atoms with Crippen molar-refractivity contribution in [1.82, 2.24) is 4.90 Å². The highest BCUT2D eigenvalue weighted by Crippen LogP contribution is 2.31. The van der Waals surface area contributed by atoms with E-state index >= 15 is 0 Å². The van der Waals surface area contributed by atoms with E-state index in [4.69, 9.17) is 56.8 Å². The Kier molecular flexibility index (Phi) is 27.6. The molecular weight excluding hydrogens is 848 g/mol. The molecule has 1 fully saturated rings. The number of carboxylic acid groups (broad SMARTS) is 1. The van der Waals surface area contributed by atoms with E-state index in [9.17, 15) is 34.8 Å². The van der Waals surface area contributed by atoms with Crippen LogP contribution in [0.2, 0.25) is 0 Å².